The molecule has 0 radical (unpaired) electrons. The second-order valence-corrected chi connectivity index (χ2v) is 5.14. The van der Waals surface area contributed by atoms with Crippen molar-refractivity contribution in [3.63, 3.8) is 0 Å². The first-order valence-corrected chi connectivity index (χ1v) is 6.49. The Balaban J connectivity index is 2.04. The van der Waals surface area contributed by atoms with E-state index in [1.54, 1.807) is 6.92 Å². The molecule has 1 saturated heterocycles. The molecule has 0 bridgehead atoms. The molecule has 2 aliphatic rings. The minimum absolute atomic E-state index is 0.00171. The molecule has 1 heterocycles. The van der Waals surface area contributed by atoms with Crippen molar-refractivity contribution in [3.8, 4) is 0 Å². The first-order valence-electron chi connectivity index (χ1n) is 6.49. The second kappa shape index (κ2) is 4.98. The normalized spacial score (nSPS) is 30.4. The Morgan fingerprint density at radius 1 is 0.938 bits per heavy atom. The third-order valence-corrected chi connectivity index (χ3v) is 4.02. The van der Waals surface area contributed by atoms with E-state index in [0.717, 1.165) is 51.6 Å². The summed E-state index contributed by atoms with van der Waals surface area (Å²) in [5.74, 6) is 0.445. The summed E-state index contributed by atoms with van der Waals surface area (Å²) in [6.45, 7) is 3.44. The maximum Gasteiger partial charge on any atom is 0.226 e. The monoisotopic (exact) mass is 223 g/mol. The third-order valence-electron chi connectivity index (χ3n) is 4.02. The molecule has 0 aromatic heterocycles. The van der Waals surface area contributed by atoms with Gasteiger partial charge in [-0.15, -0.1) is 0 Å². The van der Waals surface area contributed by atoms with Gasteiger partial charge >= 0.3 is 0 Å². The van der Waals surface area contributed by atoms with Crippen LogP contribution in [0.25, 0.3) is 0 Å². The summed E-state index contributed by atoms with van der Waals surface area (Å²) in [6, 6.07) is 0. The number of hydrogen-bond donors (Lipinski definition) is 0. The van der Waals surface area contributed by atoms with Crippen molar-refractivity contribution in [3.05, 3.63) is 0 Å². The summed E-state index contributed by atoms with van der Waals surface area (Å²) in [7, 11) is 0. The van der Waals surface area contributed by atoms with Gasteiger partial charge in [-0.05, 0) is 32.6 Å². The Kier molecular flexibility index (Phi) is 3.62. The van der Waals surface area contributed by atoms with E-state index < -0.39 is 0 Å². The van der Waals surface area contributed by atoms with Crippen LogP contribution in [0.5, 0.6) is 0 Å². The highest BCUT2D eigenvalue weighted by Gasteiger charge is 2.36. The first kappa shape index (κ1) is 11.6. The fourth-order valence-electron chi connectivity index (χ4n) is 3.09. The molecule has 90 valence electrons. The Hall–Kier alpha value is -0.860. The average molecular weight is 223 g/mol. The number of ketones is 1. The topological polar surface area (TPSA) is 37.4 Å². The van der Waals surface area contributed by atoms with E-state index in [2.05, 4.69) is 0 Å². The third kappa shape index (κ3) is 2.28. The SMILES string of the molecule is CC(=O)C1CCCCC1C(=O)N1CCCC1. The van der Waals surface area contributed by atoms with Crippen molar-refractivity contribution in [2.24, 2.45) is 11.8 Å². The lowest BCUT2D eigenvalue weighted by atomic mass is 9.76. The summed E-state index contributed by atoms with van der Waals surface area (Å²) in [5.41, 5.74) is 0. The lowest BCUT2D eigenvalue weighted by Gasteiger charge is -2.31. The summed E-state index contributed by atoms with van der Waals surface area (Å²) >= 11 is 0. The van der Waals surface area contributed by atoms with Crippen molar-refractivity contribution in [1.82, 2.24) is 4.90 Å². The predicted molar refractivity (Wildman–Crippen MR) is 61.9 cm³/mol. The summed E-state index contributed by atoms with van der Waals surface area (Å²) in [4.78, 5) is 25.8. The van der Waals surface area contributed by atoms with Crippen LogP contribution in [-0.4, -0.2) is 29.7 Å². The van der Waals surface area contributed by atoms with E-state index in [0.29, 0.717) is 0 Å². The van der Waals surface area contributed by atoms with Crippen LogP contribution in [0, 0.1) is 11.8 Å². The number of carbonyl (C=O) groups is 2. The van der Waals surface area contributed by atoms with Crippen LogP contribution in [0.3, 0.4) is 0 Å². The van der Waals surface area contributed by atoms with Crippen LogP contribution in [0.1, 0.15) is 45.4 Å². The minimum Gasteiger partial charge on any atom is -0.342 e. The van der Waals surface area contributed by atoms with Crippen LogP contribution in [0.4, 0.5) is 0 Å². The quantitative estimate of drug-likeness (QED) is 0.718. The second-order valence-electron chi connectivity index (χ2n) is 5.14. The summed E-state index contributed by atoms with van der Waals surface area (Å²) < 4.78 is 0. The van der Waals surface area contributed by atoms with Crippen molar-refractivity contribution in [2.45, 2.75) is 45.4 Å². The molecule has 3 nitrogen and oxygen atoms in total. The van der Waals surface area contributed by atoms with E-state index in [1.165, 1.54) is 0 Å². The van der Waals surface area contributed by atoms with E-state index in [1.807, 2.05) is 4.90 Å². The minimum atomic E-state index is -0.00986. The van der Waals surface area contributed by atoms with Crippen LogP contribution in [0.2, 0.25) is 0 Å². The van der Waals surface area contributed by atoms with E-state index >= 15 is 0 Å². The van der Waals surface area contributed by atoms with Crippen LogP contribution < -0.4 is 0 Å². The molecule has 1 aliphatic heterocycles. The summed E-state index contributed by atoms with van der Waals surface area (Å²) in [6.07, 6.45) is 6.30. The first-order chi connectivity index (χ1) is 7.70. The largest absolute Gasteiger partial charge is 0.342 e. The van der Waals surface area contributed by atoms with Crippen LogP contribution in [0.15, 0.2) is 0 Å². The molecule has 0 N–H and O–H groups in total. The van der Waals surface area contributed by atoms with Gasteiger partial charge in [-0.1, -0.05) is 12.8 Å². The Labute approximate surface area is 97.2 Å². The smallest absolute Gasteiger partial charge is 0.226 e. The van der Waals surface area contributed by atoms with E-state index in [4.69, 9.17) is 0 Å². The number of amides is 1. The lowest BCUT2D eigenvalue weighted by Crippen LogP contribution is -2.40. The van der Waals surface area contributed by atoms with Crippen molar-refractivity contribution >= 4 is 11.7 Å². The molecule has 1 aliphatic carbocycles. The zero-order valence-corrected chi connectivity index (χ0v) is 10.1. The van der Waals surface area contributed by atoms with Crippen LogP contribution >= 0.6 is 0 Å². The molecule has 0 spiro atoms. The average Bonchev–Trinajstić information content (AvgIpc) is 2.81. The number of carbonyl (C=O) groups excluding carboxylic acids is 2. The lowest BCUT2D eigenvalue weighted by molar-refractivity contribution is -0.141. The maximum absolute atomic E-state index is 12.3. The van der Waals surface area contributed by atoms with Gasteiger partial charge in [0, 0.05) is 24.9 Å². The van der Waals surface area contributed by atoms with E-state index in [9.17, 15) is 9.59 Å². The zero-order chi connectivity index (χ0) is 11.5. The molecule has 2 fully saturated rings. The molecule has 16 heavy (non-hydrogen) atoms. The molecule has 3 heteroatoms. The van der Waals surface area contributed by atoms with Gasteiger partial charge in [-0.2, -0.15) is 0 Å². The number of rotatable bonds is 2. The van der Waals surface area contributed by atoms with Gasteiger partial charge in [0.15, 0.2) is 0 Å². The van der Waals surface area contributed by atoms with Gasteiger partial charge in [0.25, 0.3) is 0 Å². The zero-order valence-electron chi connectivity index (χ0n) is 10.1. The molecule has 1 amide bonds. The number of hydrogen-bond acceptors (Lipinski definition) is 2. The highest BCUT2D eigenvalue weighted by Crippen LogP contribution is 2.32. The Morgan fingerprint density at radius 2 is 1.50 bits per heavy atom. The van der Waals surface area contributed by atoms with Gasteiger partial charge < -0.3 is 4.90 Å². The van der Waals surface area contributed by atoms with Crippen molar-refractivity contribution in [1.29, 1.82) is 0 Å². The van der Waals surface area contributed by atoms with Gasteiger partial charge in [-0.3, -0.25) is 9.59 Å². The Morgan fingerprint density at radius 3 is 2.06 bits per heavy atom. The highest BCUT2D eigenvalue weighted by molar-refractivity contribution is 5.87. The molecular weight excluding hydrogens is 202 g/mol. The number of nitrogens with zero attached hydrogens (tertiary/aromatic N) is 1. The number of Topliss-reactive ketones (excluding diaryl/α,β-unsaturated/α-hetero) is 1. The highest BCUT2D eigenvalue weighted by atomic mass is 16.2. The van der Waals surface area contributed by atoms with Gasteiger partial charge in [0.05, 0.1) is 0 Å². The standard InChI is InChI=1S/C13H21NO2/c1-10(15)11-6-2-3-7-12(11)13(16)14-8-4-5-9-14/h11-12H,2-9H2,1H3. The van der Waals surface area contributed by atoms with Gasteiger partial charge in [-0.25, -0.2) is 0 Å². The van der Waals surface area contributed by atoms with Gasteiger partial charge in [0.1, 0.15) is 5.78 Å². The van der Waals surface area contributed by atoms with Crippen LogP contribution in [-0.2, 0) is 9.59 Å². The molecule has 2 rings (SSSR count). The molecule has 0 aromatic rings. The molecule has 2 unspecified atom stereocenters. The van der Waals surface area contributed by atoms with Crippen molar-refractivity contribution < 1.29 is 9.59 Å². The van der Waals surface area contributed by atoms with E-state index in [-0.39, 0.29) is 23.5 Å². The predicted octanol–water partition coefficient (Wildman–Crippen LogP) is 2.00. The maximum atomic E-state index is 12.3. The molecule has 2 atom stereocenters. The fourth-order valence-corrected chi connectivity index (χ4v) is 3.09. The Bertz CT molecular complexity index is 282. The molecule has 1 saturated carbocycles. The fraction of sp³-hybridized carbons (Fsp3) is 0.846. The summed E-state index contributed by atoms with van der Waals surface area (Å²) in [5, 5.41) is 0. The number of likely N-dealkylation sites (tertiary alicyclic amines) is 1. The van der Waals surface area contributed by atoms with Gasteiger partial charge in [0.2, 0.25) is 5.91 Å². The molecule has 0 aromatic carbocycles. The van der Waals surface area contributed by atoms with Crippen molar-refractivity contribution in [2.75, 3.05) is 13.1 Å². The molecular formula is C13H21NO2.